The minimum absolute atomic E-state index is 0.0694. The second-order valence-corrected chi connectivity index (χ2v) is 4.28. The van der Waals surface area contributed by atoms with Gasteiger partial charge in [-0.2, -0.15) is 0 Å². The van der Waals surface area contributed by atoms with Gasteiger partial charge >= 0.3 is 5.97 Å². The first-order valence-electron chi connectivity index (χ1n) is 4.61. The van der Waals surface area contributed by atoms with Gasteiger partial charge in [0.05, 0.1) is 17.8 Å². The van der Waals surface area contributed by atoms with E-state index in [2.05, 4.69) is 21.2 Å². The number of carboxylic acid groups (broad SMARTS) is 1. The first kappa shape index (κ1) is 13.9. The van der Waals surface area contributed by atoms with Crippen molar-refractivity contribution in [3.05, 3.63) is 28.2 Å². The minimum atomic E-state index is -3.29. The highest BCUT2D eigenvalue weighted by atomic mass is 79.9. The number of hydrogen-bond donors (Lipinski definition) is 3. The third-order valence-corrected chi connectivity index (χ3v) is 2.47. The smallest absolute Gasteiger partial charge is 0.337 e. The van der Waals surface area contributed by atoms with Crippen LogP contribution in [0.25, 0.3) is 0 Å². The lowest BCUT2D eigenvalue weighted by atomic mass is 10.1. The molecule has 0 spiro atoms. The molecular weight excluding hydrogens is 300 g/mol. The van der Waals surface area contributed by atoms with E-state index in [9.17, 15) is 13.6 Å². The van der Waals surface area contributed by atoms with Crippen molar-refractivity contribution in [3.63, 3.8) is 0 Å². The summed E-state index contributed by atoms with van der Waals surface area (Å²) in [5.41, 5.74) is -0.0399. The monoisotopic (exact) mass is 309 g/mol. The fraction of sp³-hybridized carbons (Fsp3) is 0.300. The molecule has 0 saturated carbocycles. The zero-order chi connectivity index (χ0) is 13.1. The number of benzene rings is 1. The van der Waals surface area contributed by atoms with Crippen LogP contribution in [0.2, 0.25) is 0 Å². The predicted octanol–water partition coefficient (Wildman–Crippen LogP) is 2.19. The van der Waals surface area contributed by atoms with Crippen molar-refractivity contribution in [3.8, 4) is 0 Å². The number of anilines is 1. The molecule has 1 aromatic carbocycles. The summed E-state index contributed by atoms with van der Waals surface area (Å²) in [4.78, 5) is 10.8. The van der Waals surface area contributed by atoms with Crippen LogP contribution in [0.4, 0.5) is 14.5 Å². The Morgan fingerprint density at radius 2 is 2.12 bits per heavy atom. The van der Waals surface area contributed by atoms with Gasteiger partial charge < -0.3 is 15.5 Å². The lowest BCUT2D eigenvalue weighted by molar-refractivity contribution is -0.0373. The number of rotatable bonds is 5. The van der Waals surface area contributed by atoms with Crippen LogP contribution < -0.4 is 5.32 Å². The molecular formula is C10H10BrF2NO3. The van der Waals surface area contributed by atoms with Gasteiger partial charge in [0.25, 0.3) is 5.92 Å². The van der Waals surface area contributed by atoms with Crippen molar-refractivity contribution in [2.24, 2.45) is 0 Å². The first-order chi connectivity index (χ1) is 7.85. The average molecular weight is 310 g/mol. The number of carbonyl (C=O) groups is 1. The SMILES string of the molecule is O=C(O)c1ccc(Br)cc1NCC(F)(F)CO. The molecule has 0 heterocycles. The van der Waals surface area contributed by atoms with Gasteiger partial charge in [0.15, 0.2) is 0 Å². The Morgan fingerprint density at radius 1 is 1.47 bits per heavy atom. The summed E-state index contributed by atoms with van der Waals surface area (Å²) in [6.07, 6.45) is 0. The molecule has 0 fully saturated rings. The molecule has 4 nitrogen and oxygen atoms in total. The molecule has 0 unspecified atom stereocenters. The molecule has 0 aliphatic rings. The molecule has 0 saturated heterocycles. The van der Waals surface area contributed by atoms with E-state index in [1.165, 1.54) is 18.2 Å². The predicted molar refractivity (Wildman–Crippen MR) is 61.6 cm³/mol. The lowest BCUT2D eigenvalue weighted by Crippen LogP contribution is -2.31. The van der Waals surface area contributed by atoms with Gasteiger partial charge in [0.2, 0.25) is 0 Å². The van der Waals surface area contributed by atoms with Gasteiger partial charge in [-0.3, -0.25) is 0 Å². The second-order valence-electron chi connectivity index (χ2n) is 3.36. The van der Waals surface area contributed by atoms with Crippen molar-refractivity contribution in [1.29, 1.82) is 0 Å². The van der Waals surface area contributed by atoms with Gasteiger partial charge in [-0.1, -0.05) is 15.9 Å². The third kappa shape index (κ3) is 3.94. The maximum absolute atomic E-state index is 12.8. The van der Waals surface area contributed by atoms with E-state index in [-0.39, 0.29) is 11.3 Å². The molecule has 0 aromatic heterocycles. The highest BCUT2D eigenvalue weighted by Gasteiger charge is 2.27. The van der Waals surface area contributed by atoms with Crippen LogP contribution in [0.1, 0.15) is 10.4 Å². The fourth-order valence-corrected chi connectivity index (χ4v) is 1.49. The van der Waals surface area contributed by atoms with Gasteiger partial charge in [-0.15, -0.1) is 0 Å². The number of hydrogen-bond acceptors (Lipinski definition) is 3. The van der Waals surface area contributed by atoms with Crippen molar-refractivity contribution in [2.45, 2.75) is 5.92 Å². The summed E-state index contributed by atoms with van der Waals surface area (Å²) in [5.74, 6) is -4.51. The van der Waals surface area contributed by atoms with E-state index < -0.39 is 25.0 Å². The Bertz CT molecular complexity index is 426. The van der Waals surface area contributed by atoms with Crippen LogP contribution in [0, 0.1) is 0 Å². The van der Waals surface area contributed by atoms with Crippen molar-refractivity contribution in [1.82, 2.24) is 0 Å². The van der Waals surface area contributed by atoms with Crippen LogP contribution in [-0.2, 0) is 0 Å². The van der Waals surface area contributed by atoms with Crippen LogP contribution in [-0.4, -0.2) is 35.3 Å². The molecule has 94 valence electrons. The Kier molecular flexibility index (Phi) is 4.41. The van der Waals surface area contributed by atoms with E-state index in [1.54, 1.807) is 0 Å². The molecule has 0 radical (unpaired) electrons. The molecule has 3 N–H and O–H groups in total. The molecule has 0 aliphatic carbocycles. The lowest BCUT2D eigenvalue weighted by Gasteiger charge is -2.16. The summed E-state index contributed by atoms with van der Waals surface area (Å²) in [7, 11) is 0. The normalized spacial score (nSPS) is 11.3. The maximum Gasteiger partial charge on any atom is 0.337 e. The standard InChI is InChI=1S/C10H10BrF2NO3/c11-6-1-2-7(9(16)17)8(3-6)14-4-10(12,13)5-15/h1-3,14-15H,4-5H2,(H,16,17). The third-order valence-electron chi connectivity index (χ3n) is 1.98. The summed E-state index contributed by atoms with van der Waals surface area (Å²) < 4.78 is 26.2. The van der Waals surface area contributed by atoms with E-state index in [1.807, 2.05) is 0 Å². The maximum atomic E-state index is 12.8. The van der Waals surface area contributed by atoms with Crippen molar-refractivity contribution >= 4 is 27.6 Å². The Labute approximate surface area is 104 Å². The van der Waals surface area contributed by atoms with Crippen LogP contribution >= 0.6 is 15.9 Å². The van der Waals surface area contributed by atoms with Gasteiger partial charge in [-0.25, -0.2) is 13.6 Å². The molecule has 1 rings (SSSR count). The highest BCUT2D eigenvalue weighted by molar-refractivity contribution is 9.10. The molecule has 17 heavy (non-hydrogen) atoms. The number of halogens is 3. The molecule has 0 aliphatic heterocycles. The quantitative estimate of drug-likeness (QED) is 0.780. The average Bonchev–Trinajstić information content (AvgIpc) is 2.26. The van der Waals surface area contributed by atoms with Crippen LogP contribution in [0.3, 0.4) is 0 Å². The number of aliphatic hydroxyl groups excluding tert-OH is 1. The fourth-order valence-electron chi connectivity index (χ4n) is 1.13. The number of carboxylic acids is 1. The molecule has 1 aromatic rings. The van der Waals surface area contributed by atoms with E-state index in [4.69, 9.17) is 10.2 Å². The van der Waals surface area contributed by atoms with Gasteiger partial charge in [0.1, 0.15) is 6.61 Å². The second kappa shape index (κ2) is 5.42. The van der Waals surface area contributed by atoms with Crippen LogP contribution in [0.5, 0.6) is 0 Å². The Balaban J connectivity index is 2.89. The number of aromatic carboxylic acids is 1. The first-order valence-corrected chi connectivity index (χ1v) is 5.40. The van der Waals surface area contributed by atoms with Crippen LogP contribution in [0.15, 0.2) is 22.7 Å². The Hall–Kier alpha value is -1.21. The molecule has 7 heteroatoms. The summed E-state index contributed by atoms with van der Waals surface area (Å²) in [5, 5.41) is 19.5. The van der Waals surface area contributed by atoms with Gasteiger partial charge in [0, 0.05) is 4.47 Å². The van der Waals surface area contributed by atoms with Crippen molar-refractivity contribution in [2.75, 3.05) is 18.5 Å². The Morgan fingerprint density at radius 3 is 2.65 bits per heavy atom. The van der Waals surface area contributed by atoms with E-state index >= 15 is 0 Å². The summed E-state index contributed by atoms with van der Waals surface area (Å²) in [6.45, 7) is -2.13. The highest BCUT2D eigenvalue weighted by Crippen LogP contribution is 2.23. The molecule has 0 atom stereocenters. The largest absolute Gasteiger partial charge is 0.478 e. The van der Waals surface area contributed by atoms with E-state index in [0.29, 0.717) is 4.47 Å². The zero-order valence-electron chi connectivity index (χ0n) is 8.58. The number of nitrogens with one attached hydrogen (secondary N) is 1. The number of alkyl halides is 2. The zero-order valence-corrected chi connectivity index (χ0v) is 10.2. The summed E-state index contributed by atoms with van der Waals surface area (Å²) >= 11 is 3.11. The summed E-state index contributed by atoms with van der Waals surface area (Å²) in [6, 6.07) is 4.18. The minimum Gasteiger partial charge on any atom is -0.478 e. The van der Waals surface area contributed by atoms with Crippen molar-refractivity contribution < 1.29 is 23.8 Å². The van der Waals surface area contributed by atoms with E-state index in [0.717, 1.165) is 0 Å². The number of aliphatic hydroxyl groups is 1. The molecule has 0 bridgehead atoms. The molecule has 0 amide bonds. The van der Waals surface area contributed by atoms with Gasteiger partial charge in [-0.05, 0) is 18.2 Å². The topological polar surface area (TPSA) is 69.6 Å².